The second-order valence-corrected chi connectivity index (χ2v) is 13.1. The van der Waals surface area contributed by atoms with Crippen molar-refractivity contribution in [2.24, 2.45) is 5.92 Å². The summed E-state index contributed by atoms with van der Waals surface area (Å²) < 4.78 is 5.91. The van der Waals surface area contributed by atoms with Gasteiger partial charge < -0.3 is 30.7 Å². The van der Waals surface area contributed by atoms with Crippen molar-refractivity contribution in [1.82, 2.24) is 20.9 Å². The van der Waals surface area contributed by atoms with Crippen LogP contribution < -0.4 is 20.7 Å². The Bertz CT molecular complexity index is 1460. The first-order chi connectivity index (χ1) is 22.5. The zero-order valence-corrected chi connectivity index (χ0v) is 28.3. The average molecular weight is 643 g/mol. The van der Waals surface area contributed by atoms with Crippen molar-refractivity contribution in [3.63, 3.8) is 0 Å². The van der Waals surface area contributed by atoms with Gasteiger partial charge in [0, 0.05) is 19.1 Å². The molecule has 0 radical (unpaired) electrons. The van der Waals surface area contributed by atoms with E-state index in [2.05, 4.69) is 16.0 Å². The molecule has 0 spiro atoms. The van der Waals surface area contributed by atoms with Crippen LogP contribution in [0.2, 0.25) is 0 Å². The minimum atomic E-state index is -1.10. The predicted octanol–water partition coefficient (Wildman–Crippen LogP) is 4.72. The number of rotatable bonds is 15. The van der Waals surface area contributed by atoms with Crippen LogP contribution in [0.1, 0.15) is 55.9 Å². The molecule has 4 rings (SSSR count). The van der Waals surface area contributed by atoms with E-state index in [9.17, 15) is 19.5 Å². The first kappa shape index (κ1) is 35.5. The van der Waals surface area contributed by atoms with Crippen molar-refractivity contribution < 1.29 is 24.2 Å². The number of carbonyl (C=O) groups excluding carboxylic acids is 3. The van der Waals surface area contributed by atoms with E-state index in [1.807, 2.05) is 113 Å². The number of aliphatic hydroxyl groups excluding tert-OH is 1. The number of aliphatic hydroxyl groups is 1. The molecular formula is C38H50N4O5. The molecular weight excluding hydrogens is 592 g/mol. The number of aryl methyl sites for hydroxylation is 2. The van der Waals surface area contributed by atoms with Crippen LogP contribution in [0, 0.1) is 19.8 Å². The van der Waals surface area contributed by atoms with E-state index in [1.165, 1.54) is 0 Å². The highest BCUT2D eigenvalue weighted by atomic mass is 16.5. The number of benzene rings is 3. The first-order valence-corrected chi connectivity index (χ1v) is 16.6. The lowest BCUT2D eigenvalue weighted by Gasteiger charge is -2.45. The molecule has 9 nitrogen and oxygen atoms in total. The van der Waals surface area contributed by atoms with Gasteiger partial charge in [-0.1, -0.05) is 92.7 Å². The number of hydrogen-bond acceptors (Lipinski definition) is 5. The van der Waals surface area contributed by atoms with Crippen LogP contribution in [0.25, 0.3) is 0 Å². The molecule has 0 bridgehead atoms. The molecule has 0 aromatic heterocycles. The van der Waals surface area contributed by atoms with Crippen LogP contribution >= 0.6 is 0 Å². The summed E-state index contributed by atoms with van der Waals surface area (Å²) in [6, 6.07) is 23.9. The van der Waals surface area contributed by atoms with E-state index in [0.717, 1.165) is 28.7 Å². The van der Waals surface area contributed by atoms with Gasteiger partial charge in [0.25, 0.3) is 5.91 Å². The van der Waals surface area contributed by atoms with Crippen LogP contribution in [0.3, 0.4) is 0 Å². The van der Waals surface area contributed by atoms with Crippen LogP contribution in [0.4, 0.5) is 4.79 Å². The highest BCUT2D eigenvalue weighted by molar-refractivity contribution is 5.91. The number of para-hydroxylation sites is 1. The number of ether oxygens (including phenoxy) is 1. The van der Waals surface area contributed by atoms with Gasteiger partial charge in [-0.3, -0.25) is 9.59 Å². The molecule has 3 aromatic carbocycles. The Labute approximate surface area is 279 Å². The molecule has 1 saturated heterocycles. The molecule has 252 valence electrons. The fourth-order valence-electron chi connectivity index (χ4n) is 6.21. The molecule has 1 fully saturated rings. The third-order valence-electron chi connectivity index (χ3n) is 9.28. The number of urea groups is 1. The maximum absolute atomic E-state index is 14.1. The van der Waals surface area contributed by atoms with Gasteiger partial charge >= 0.3 is 6.03 Å². The van der Waals surface area contributed by atoms with E-state index in [1.54, 1.807) is 4.90 Å². The molecule has 4 amide bonds. The lowest BCUT2D eigenvalue weighted by Crippen LogP contribution is -2.66. The molecule has 1 aliphatic heterocycles. The minimum Gasteiger partial charge on any atom is -0.483 e. The highest BCUT2D eigenvalue weighted by Gasteiger charge is 2.46. The number of amides is 4. The third-order valence-corrected chi connectivity index (χ3v) is 9.28. The van der Waals surface area contributed by atoms with Crippen LogP contribution in [0.5, 0.6) is 5.75 Å². The maximum atomic E-state index is 14.1. The molecule has 1 aliphatic rings. The van der Waals surface area contributed by atoms with Gasteiger partial charge in [-0.2, -0.15) is 0 Å². The summed E-state index contributed by atoms with van der Waals surface area (Å²) in [6.07, 6.45) is 0.779. The van der Waals surface area contributed by atoms with Gasteiger partial charge in [-0.25, -0.2) is 4.79 Å². The van der Waals surface area contributed by atoms with Crippen molar-refractivity contribution in [3.8, 4) is 5.75 Å². The standard InChI is InChI=1S/C38H50N4O5/c1-26(2)38(5,42-21-13-20-39-37(42)46)36(45)40-31(22-29-16-8-6-9-17-29)24-33(43)32(23-30-18-10-7-11-19-30)41-34(44)25-47-35-27(3)14-12-15-28(35)4/h6-12,14-19,26,31-33,43H,13,20-25H2,1-5H3,(H,39,46)(H,40,45)(H,41,44)/t31-,32-,33+,38-/m0/s1. The summed E-state index contributed by atoms with van der Waals surface area (Å²) >= 11 is 0. The molecule has 0 aliphatic carbocycles. The summed E-state index contributed by atoms with van der Waals surface area (Å²) in [5.41, 5.74) is 2.73. The fourth-order valence-corrected chi connectivity index (χ4v) is 6.21. The number of hydrogen-bond donors (Lipinski definition) is 4. The topological polar surface area (TPSA) is 120 Å². The van der Waals surface area contributed by atoms with Gasteiger partial charge in [0.1, 0.15) is 11.3 Å². The Hall–Kier alpha value is -4.37. The Kier molecular flexibility index (Phi) is 12.4. The Morgan fingerprint density at radius 2 is 1.51 bits per heavy atom. The molecule has 0 unspecified atom stereocenters. The number of carbonyl (C=O) groups is 3. The van der Waals surface area contributed by atoms with Crippen LogP contribution in [0.15, 0.2) is 78.9 Å². The molecule has 4 N–H and O–H groups in total. The minimum absolute atomic E-state index is 0.171. The Morgan fingerprint density at radius 1 is 0.915 bits per heavy atom. The summed E-state index contributed by atoms with van der Waals surface area (Å²) in [7, 11) is 0. The van der Waals surface area contributed by atoms with E-state index in [4.69, 9.17) is 4.74 Å². The highest BCUT2D eigenvalue weighted by Crippen LogP contribution is 2.28. The van der Waals surface area contributed by atoms with E-state index in [-0.39, 0.29) is 36.8 Å². The Morgan fingerprint density at radius 3 is 2.09 bits per heavy atom. The molecule has 1 heterocycles. The zero-order valence-electron chi connectivity index (χ0n) is 28.3. The van der Waals surface area contributed by atoms with E-state index >= 15 is 0 Å². The van der Waals surface area contributed by atoms with Crippen LogP contribution in [-0.2, 0) is 22.4 Å². The molecule has 3 aromatic rings. The summed E-state index contributed by atoms with van der Waals surface area (Å²) in [5, 5.41) is 20.9. The monoisotopic (exact) mass is 642 g/mol. The van der Waals surface area contributed by atoms with Crippen LogP contribution in [-0.4, -0.2) is 71.3 Å². The molecule has 4 atom stereocenters. The van der Waals surface area contributed by atoms with Gasteiger partial charge in [0.2, 0.25) is 5.91 Å². The number of nitrogens with one attached hydrogen (secondary N) is 3. The molecule has 9 heteroatoms. The normalized spacial score (nSPS) is 16.4. The second kappa shape index (κ2) is 16.5. The van der Waals surface area contributed by atoms with Crippen molar-refractivity contribution >= 4 is 17.8 Å². The van der Waals surface area contributed by atoms with Crippen molar-refractivity contribution in [1.29, 1.82) is 0 Å². The second-order valence-electron chi connectivity index (χ2n) is 13.1. The SMILES string of the molecule is Cc1cccc(C)c1OCC(=O)N[C@@H](Cc1ccccc1)[C@H](O)C[C@H](Cc1ccccc1)NC(=O)[C@](C)(C(C)C)N1CCCNC1=O. The van der Waals surface area contributed by atoms with Crippen molar-refractivity contribution in [3.05, 3.63) is 101 Å². The summed E-state index contributed by atoms with van der Waals surface area (Å²) in [5.74, 6) is -0.122. The summed E-state index contributed by atoms with van der Waals surface area (Å²) in [6.45, 7) is 10.4. The first-order valence-electron chi connectivity index (χ1n) is 16.6. The summed E-state index contributed by atoms with van der Waals surface area (Å²) in [4.78, 5) is 41.9. The van der Waals surface area contributed by atoms with Gasteiger partial charge in [-0.15, -0.1) is 0 Å². The smallest absolute Gasteiger partial charge is 0.318 e. The lowest BCUT2D eigenvalue weighted by molar-refractivity contribution is -0.135. The molecule has 0 saturated carbocycles. The zero-order chi connectivity index (χ0) is 34.0. The third kappa shape index (κ3) is 9.35. The van der Waals surface area contributed by atoms with Gasteiger partial charge in [0.05, 0.1) is 12.1 Å². The molecule has 47 heavy (non-hydrogen) atoms. The predicted molar refractivity (Wildman–Crippen MR) is 184 cm³/mol. The maximum Gasteiger partial charge on any atom is 0.318 e. The van der Waals surface area contributed by atoms with Crippen molar-refractivity contribution in [2.45, 2.75) is 84.0 Å². The number of nitrogens with zero attached hydrogens (tertiary/aromatic N) is 1. The lowest BCUT2D eigenvalue weighted by atomic mass is 9.84. The van der Waals surface area contributed by atoms with Crippen molar-refractivity contribution in [2.75, 3.05) is 19.7 Å². The largest absolute Gasteiger partial charge is 0.483 e. The van der Waals surface area contributed by atoms with Gasteiger partial charge in [0.15, 0.2) is 6.61 Å². The van der Waals surface area contributed by atoms with Gasteiger partial charge in [-0.05, 0) is 74.6 Å². The fraction of sp³-hybridized carbons (Fsp3) is 0.447. The average Bonchev–Trinajstić information content (AvgIpc) is 3.05. The van der Waals surface area contributed by atoms with E-state index in [0.29, 0.717) is 31.7 Å². The Balaban J connectivity index is 1.55. The van der Waals surface area contributed by atoms with E-state index < -0.39 is 23.7 Å². The quantitative estimate of drug-likeness (QED) is 0.191.